The molecule has 18 heteroatoms. The second-order valence-electron chi connectivity index (χ2n) is 18.0. The van der Waals surface area contributed by atoms with Crippen LogP contribution in [0, 0.1) is 11.8 Å². The number of ether oxygens (including phenoxy) is 5. The number of Topliss-reactive ketones (excluding diaryl/α,β-unsaturated/α-hetero) is 2. The Bertz CT molecular complexity index is 2480. The molecule has 15 nitrogen and oxygen atoms in total. The number of nitrogens with zero attached hydrogens (tertiary/aromatic N) is 3. The van der Waals surface area contributed by atoms with Crippen molar-refractivity contribution >= 4 is 35.2 Å². The van der Waals surface area contributed by atoms with Gasteiger partial charge in [0.1, 0.15) is 47.2 Å². The van der Waals surface area contributed by atoms with Crippen molar-refractivity contribution in [3.05, 3.63) is 106 Å². The molecule has 0 saturated heterocycles. The Morgan fingerprint density at radius 1 is 0.844 bits per heavy atom. The Labute approximate surface area is 366 Å². The lowest BCUT2D eigenvalue weighted by molar-refractivity contribution is -0.275. The smallest absolute Gasteiger partial charge is 0.507 e. The lowest BCUT2D eigenvalue weighted by atomic mass is 9.57. The number of alkyl halides is 3. The van der Waals surface area contributed by atoms with Crippen LogP contribution >= 0.6 is 0 Å². The standard InChI is InChI=1S/C46H48F3N3O12/c1-43(2,3)62-41(56)52(42(57)63-44(4,5)6)29-21-30(61-46(47,48)49)27-19-26-20-28-34(51(7)8)37-33(40(50-64-37)60-23-25-17-13-10-14-18-25)39(55)45(28,58)38(54)31(26)35(53)32(27)36(29)59-22-24-15-11-9-12-16-24/h9-18,21,26,28,34,53,58H,19-20,22-23H2,1-8H3/t26-,28-,34-,45-/m0/s1. The van der Waals surface area contributed by atoms with Crippen molar-refractivity contribution in [3.8, 4) is 17.4 Å². The van der Waals surface area contributed by atoms with Crippen molar-refractivity contribution in [1.82, 2.24) is 10.1 Å². The minimum atomic E-state index is -5.36. The van der Waals surface area contributed by atoms with E-state index >= 15 is 4.79 Å². The number of imide groups is 1. The van der Waals surface area contributed by atoms with Crippen molar-refractivity contribution in [2.45, 2.75) is 96.8 Å². The SMILES string of the molecule is CN(C)[C@@H]1c2onc(OCc3ccccc3)c2C(=O)[C@@]2(O)C(=O)C3=C(O)c4c(c(OC(F)(F)F)cc(N(C(=O)OC(C)(C)C)C(=O)OC(C)(C)C)c4OCc4ccccc4)C[C@H]3C[C@@H]12. The Kier molecular flexibility index (Phi) is 11.8. The summed E-state index contributed by atoms with van der Waals surface area (Å²) in [5.74, 6) is -7.55. The van der Waals surface area contributed by atoms with Crippen molar-refractivity contribution in [2.75, 3.05) is 19.0 Å². The van der Waals surface area contributed by atoms with Gasteiger partial charge in [0.05, 0.1) is 11.6 Å². The molecule has 3 aliphatic carbocycles. The van der Waals surface area contributed by atoms with E-state index < -0.39 is 105 Å². The number of halogens is 3. The predicted octanol–water partition coefficient (Wildman–Crippen LogP) is 8.67. The fourth-order valence-electron chi connectivity index (χ4n) is 8.40. The third-order valence-electron chi connectivity index (χ3n) is 10.9. The van der Waals surface area contributed by atoms with Gasteiger partial charge in [-0.25, -0.2) is 9.59 Å². The highest BCUT2D eigenvalue weighted by atomic mass is 19.4. The summed E-state index contributed by atoms with van der Waals surface area (Å²) in [6, 6.07) is 17.1. The van der Waals surface area contributed by atoms with Gasteiger partial charge in [0.15, 0.2) is 17.1 Å². The van der Waals surface area contributed by atoms with E-state index in [0.29, 0.717) is 16.0 Å². The average Bonchev–Trinajstić information content (AvgIpc) is 3.60. The number of aliphatic hydroxyl groups excluding tert-OH is 1. The Morgan fingerprint density at radius 3 is 1.91 bits per heavy atom. The third-order valence-corrected chi connectivity index (χ3v) is 10.9. The van der Waals surface area contributed by atoms with Crippen molar-refractivity contribution < 1.29 is 70.8 Å². The molecule has 340 valence electrons. The fraction of sp³-hybridized carbons (Fsp3) is 0.413. The zero-order valence-electron chi connectivity index (χ0n) is 36.4. The molecule has 1 heterocycles. The summed E-state index contributed by atoms with van der Waals surface area (Å²) in [6.45, 7) is 8.57. The number of ketones is 2. The Balaban J connectivity index is 1.45. The number of carbonyl (C=O) groups excluding carboxylic acids is 4. The van der Waals surface area contributed by atoms with E-state index in [2.05, 4.69) is 9.89 Å². The number of anilines is 1. The van der Waals surface area contributed by atoms with Crippen LogP contribution < -0.4 is 19.1 Å². The molecule has 1 saturated carbocycles. The van der Waals surface area contributed by atoms with E-state index in [0.717, 1.165) is 6.07 Å². The topological polar surface area (TPSA) is 187 Å². The predicted molar refractivity (Wildman–Crippen MR) is 222 cm³/mol. The molecule has 3 aliphatic rings. The second kappa shape index (κ2) is 16.6. The highest BCUT2D eigenvalue weighted by Crippen LogP contribution is 2.58. The molecule has 4 atom stereocenters. The summed E-state index contributed by atoms with van der Waals surface area (Å²) in [5.41, 5.74) is -6.57. The number of benzene rings is 3. The normalized spacial score (nSPS) is 20.7. The van der Waals surface area contributed by atoms with Crippen molar-refractivity contribution in [3.63, 3.8) is 0 Å². The molecule has 4 aromatic rings. The minimum absolute atomic E-state index is 0.000101. The molecular formula is C46H48F3N3O12. The maximum Gasteiger partial charge on any atom is 0.573 e. The van der Waals surface area contributed by atoms with E-state index in [1.807, 2.05) is 0 Å². The summed E-state index contributed by atoms with van der Waals surface area (Å²) < 4.78 is 76.9. The van der Waals surface area contributed by atoms with Gasteiger partial charge in [-0.1, -0.05) is 60.7 Å². The summed E-state index contributed by atoms with van der Waals surface area (Å²) in [6.07, 6.45) is -8.84. The molecule has 64 heavy (non-hydrogen) atoms. The number of hydrogen-bond donors (Lipinski definition) is 2. The van der Waals surface area contributed by atoms with E-state index in [1.165, 1.54) is 41.5 Å². The number of aliphatic hydroxyl groups is 2. The molecule has 7 rings (SSSR count). The molecule has 3 aromatic carbocycles. The first kappa shape index (κ1) is 45.6. The van der Waals surface area contributed by atoms with E-state index in [4.69, 9.17) is 23.5 Å². The fourth-order valence-corrected chi connectivity index (χ4v) is 8.40. The lowest BCUT2D eigenvalue weighted by Gasteiger charge is -2.49. The van der Waals surface area contributed by atoms with Gasteiger partial charge in [-0.2, -0.15) is 4.90 Å². The lowest BCUT2D eigenvalue weighted by Crippen LogP contribution is -2.63. The molecular weight excluding hydrogens is 844 g/mol. The van der Waals surface area contributed by atoms with Gasteiger partial charge in [0, 0.05) is 23.1 Å². The van der Waals surface area contributed by atoms with Crippen molar-refractivity contribution in [2.24, 2.45) is 11.8 Å². The maximum atomic E-state index is 15.1. The Hall–Kier alpha value is -6.40. The number of rotatable bonds is 9. The van der Waals surface area contributed by atoms with Crippen LogP contribution in [0.25, 0.3) is 5.76 Å². The number of hydrogen-bond acceptors (Lipinski definition) is 14. The molecule has 2 amide bonds. The van der Waals surface area contributed by atoms with Gasteiger partial charge >= 0.3 is 18.5 Å². The van der Waals surface area contributed by atoms with Gasteiger partial charge in [-0.3, -0.25) is 14.5 Å². The highest BCUT2D eigenvalue weighted by molar-refractivity contribution is 6.26. The van der Waals surface area contributed by atoms with Crippen LogP contribution in [0.2, 0.25) is 0 Å². The van der Waals surface area contributed by atoms with E-state index in [-0.39, 0.29) is 42.4 Å². The molecule has 0 unspecified atom stereocenters. The van der Waals surface area contributed by atoms with Gasteiger partial charge < -0.3 is 38.4 Å². The molecule has 0 radical (unpaired) electrons. The molecule has 0 spiro atoms. The van der Waals surface area contributed by atoms with Crippen LogP contribution in [0.3, 0.4) is 0 Å². The number of carbonyl (C=O) groups is 4. The first-order valence-electron chi connectivity index (χ1n) is 20.4. The molecule has 1 fully saturated rings. The molecule has 2 N–H and O–H groups in total. The zero-order valence-corrected chi connectivity index (χ0v) is 36.4. The van der Waals surface area contributed by atoms with E-state index in [9.17, 15) is 37.8 Å². The van der Waals surface area contributed by atoms with Gasteiger partial charge in [-0.15, -0.1) is 13.2 Å². The van der Waals surface area contributed by atoms with Crippen LogP contribution in [0.4, 0.5) is 28.4 Å². The summed E-state index contributed by atoms with van der Waals surface area (Å²) in [4.78, 5) is 59.8. The molecule has 0 aliphatic heterocycles. The number of fused-ring (bicyclic) bond motifs is 4. The first-order chi connectivity index (χ1) is 29.9. The van der Waals surface area contributed by atoms with Gasteiger partial charge in [-0.05, 0) is 90.7 Å². The van der Waals surface area contributed by atoms with Crippen LogP contribution in [0.5, 0.6) is 17.4 Å². The summed E-state index contributed by atoms with van der Waals surface area (Å²) >= 11 is 0. The van der Waals surface area contributed by atoms with Gasteiger partial charge in [0.2, 0.25) is 11.6 Å². The van der Waals surface area contributed by atoms with Crippen LogP contribution in [0.15, 0.2) is 76.8 Å². The van der Waals surface area contributed by atoms with Crippen LogP contribution in [-0.4, -0.2) is 81.3 Å². The van der Waals surface area contributed by atoms with E-state index in [1.54, 1.807) is 79.7 Å². The largest absolute Gasteiger partial charge is 0.573 e. The summed E-state index contributed by atoms with van der Waals surface area (Å²) in [5, 5.41) is 29.1. The van der Waals surface area contributed by atoms with Crippen molar-refractivity contribution in [1.29, 1.82) is 0 Å². The zero-order chi connectivity index (χ0) is 46.7. The van der Waals surface area contributed by atoms with Crippen LogP contribution in [0.1, 0.15) is 92.4 Å². The quantitative estimate of drug-likeness (QED) is 0.152. The van der Waals surface area contributed by atoms with Crippen LogP contribution in [-0.2, 0) is 33.9 Å². The minimum Gasteiger partial charge on any atom is -0.507 e. The Morgan fingerprint density at radius 2 is 1.39 bits per heavy atom. The monoisotopic (exact) mass is 891 g/mol. The average molecular weight is 892 g/mol. The van der Waals surface area contributed by atoms with Gasteiger partial charge in [0.25, 0.3) is 5.88 Å². The number of amides is 2. The number of aromatic nitrogens is 1. The highest BCUT2D eigenvalue weighted by Gasteiger charge is 2.66. The summed E-state index contributed by atoms with van der Waals surface area (Å²) in [7, 11) is 3.24. The molecule has 1 aromatic heterocycles. The first-order valence-corrected chi connectivity index (χ1v) is 20.4. The third kappa shape index (κ3) is 8.75. The second-order valence-corrected chi connectivity index (χ2v) is 18.0. The maximum absolute atomic E-state index is 15.1. The molecule has 0 bridgehead atoms.